The highest BCUT2D eigenvalue weighted by Gasteiger charge is 2.24. The Morgan fingerprint density at radius 1 is 0.933 bits per heavy atom. The number of piperidine rings is 1. The smallest absolute Gasteiger partial charge is 0.254 e. The maximum atomic E-state index is 13.0. The summed E-state index contributed by atoms with van der Waals surface area (Å²) in [5, 5.41) is 5.36. The zero-order valence-electron chi connectivity index (χ0n) is 17.3. The van der Waals surface area contributed by atoms with Crippen molar-refractivity contribution in [3.05, 3.63) is 54.1 Å². The average molecular weight is 409 g/mol. The van der Waals surface area contributed by atoms with E-state index in [1.807, 2.05) is 35.2 Å². The summed E-state index contributed by atoms with van der Waals surface area (Å²) >= 11 is 0. The zero-order valence-corrected chi connectivity index (χ0v) is 17.3. The Balaban J connectivity index is 1.62. The van der Waals surface area contributed by atoms with Gasteiger partial charge < -0.3 is 20.3 Å². The molecule has 7 nitrogen and oxygen atoms in total. The minimum Gasteiger partial charge on any atom is -0.493 e. The van der Waals surface area contributed by atoms with Crippen LogP contribution in [-0.4, -0.2) is 42.3 Å². The fourth-order valence-electron chi connectivity index (χ4n) is 3.52. The minimum atomic E-state index is -0.243. The van der Waals surface area contributed by atoms with Gasteiger partial charge in [-0.3, -0.25) is 14.4 Å². The summed E-state index contributed by atoms with van der Waals surface area (Å²) < 4.78 is 5.85. The molecule has 0 saturated carbocycles. The predicted molar refractivity (Wildman–Crippen MR) is 116 cm³/mol. The molecular formula is C23H27N3O4. The van der Waals surface area contributed by atoms with Crippen molar-refractivity contribution in [1.29, 1.82) is 0 Å². The lowest BCUT2D eigenvalue weighted by atomic mass is 9.97. The maximum absolute atomic E-state index is 13.0. The van der Waals surface area contributed by atoms with Crippen LogP contribution in [0.25, 0.3) is 0 Å². The number of nitrogens with zero attached hydrogens (tertiary/aromatic N) is 1. The van der Waals surface area contributed by atoms with Crippen LogP contribution in [0.1, 0.15) is 37.0 Å². The monoisotopic (exact) mass is 409 g/mol. The second-order valence-corrected chi connectivity index (χ2v) is 7.52. The van der Waals surface area contributed by atoms with Crippen molar-refractivity contribution in [2.24, 2.45) is 5.92 Å². The molecule has 1 fully saturated rings. The number of likely N-dealkylation sites (tertiary alicyclic amines) is 1. The SMILES string of the molecule is CC(=O)Nc1cc(NC(C)=O)cc(C(=O)N2CCC(COc3ccccc3)CC2)c1. The largest absolute Gasteiger partial charge is 0.493 e. The topological polar surface area (TPSA) is 87.7 Å². The standard InChI is InChI=1S/C23H27N3O4/c1-16(27)24-20-12-19(13-21(14-20)25-17(2)28)23(29)26-10-8-18(9-11-26)15-30-22-6-4-3-5-7-22/h3-7,12-14,18H,8-11,15H2,1-2H3,(H,24,27)(H,25,28). The first-order valence-corrected chi connectivity index (χ1v) is 10.1. The van der Waals surface area contributed by atoms with Gasteiger partial charge in [-0.05, 0) is 49.1 Å². The number of hydrogen-bond acceptors (Lipinski definition) is 4. The number of amides is 3. The van der Waals surface area contributed by atoms with Gasteiger partial charge in [0.1, 0.15) is 5.75 Å². The summed E-state index contributed by atoms with van der Waals surface area (Å²) in [5.74, 6) is 0.655. The van der Waals surface area contributed by atoms with E-state index in [0.717, 1.165) is 18.6 Å². The molecule has 3 rings (SSSR count). The van der Waals surface area contributed by atoms with Gasteiger partial charge >= 0.3 is 0 Å². The number of ether oxygens (including phenoxy) is 1. The van der Waals surface area contributed by atoms with Crippen LogP contribution in [0, 0.1) is 5.92 Å². The third-order valence-corrected chi connectivity index (χ3v) is 4.95. The van der Waals surface area contributed by atoms with Crippen molar-refractivity contribution in [3.63, 3.8) is 0 Å². The Morgan fingerprint density at radius 2 is 1.50 bits per heavy atom. The van der Waals surface area contributed by atoms with Gasteiger partial charge in [-0.15, -0.1) is 0 Å². The molecule has 0 aliphatic carbocycles. The minimum absolute atomic E-state index is 0.115. The van der Waals surface area contributed by atoms with Crippen molar-refractivity contribution in [2.45, 2.75) is 26.7 Å². The summed E-state index contributed by atoms with van der Waals surface area (Å²) in [7, 11) is 0. The Hall–Kier alpha value is -3.35. The molecule has 1 aliphatic rings. The van der Waals surface area contributed by atoms with E-state index in [0.29, 0.717) is 42.6 Å². The number of rotatable bonds is 6. The molecule has 0 atom stereocenters. The van der Waals surface area contributed by atoms with Crippen molar-refractivity contribution in [1.82, 2.24) is 4.90 Å². The summed E-state index contributed by atoms with van der Waals surface area (Å²) in [6.45, 7) is 4.71. The predicted octanol–water partition coefficient (Wildman–Crippen LogP) is 3.53. The molecule has 0 radical (unpaired) electrons. The maximum Gasteiger partial charge on any atom is 0.254 e. The fourth-order valence-corrected chi connectivity index (χ4v) is 3.52. The molecular weight excluding hydrogens is 382 g/mol. The van der Waals surface area contributed by atoms with Gasteiger partial charge in [-0.1, -0.05) is 18.2 Å². The highest BCUT2D eigenvalue weighted by molar-refractivity contribution is 6.00. The molecule has 2 aromatic rings. The molecule has 2 aromatic carbocycles. The summed E-state index contributed by atoms with van der Waals surface area (Å²) in [4.78, 5) is 37.7. The van der Waals surface area contributed by atoms with Crippen LogP contribution in [0.3, 0.4) is 0 Å². The van der Waals surface area contributed by atoms with E-state index < -0.39 is 0 Å². The number of carbonyl (C=O) groups is 3. The van der Waals surface area contributed by atoms with Gasteiger partial charge in [0.05, 0.1) is 6.61 Å². The van der Waals surface area contributed by atoms with Crippen molar-refractivity contribution >= 4 is 29.1 Å². The van der Waals surface area contributed by atoms with E-state index in [1.54, 1.807) is 18.2 Å². The second kappa shape index (κ2) is 9.91. The summed E-state index contributed by atoms with van der Waals surface area (Å²) in [5.41, 5.74) is 1.38. The van der Waals surface area contributed by atoms with E-state index in [1.165, 1.54) is 13.8 Å². The normalized spacial score (nSPS) is 14.1. The number of carbonyl (C=O) groups excluding carboxylic acids is 3. The fraction of sp³-hybridized carbons (Fsp3) is 0.348. The van der Waals surface area contributed by atoms with Gasteiger partial charge in [0, 0.05) is 43.9 Å². The number of benzene rings is 2. The van der Waals surface area contributed by atoms with Crippen molar-refractivity contribution < 1.29 is 19.1 Å². The van der Waals surface area contributed by atoms with Gasteiger partial charge in [0.2, 0.25) is 11.8 Å². The number of hydrogen-bond donors (Lipinski definition) is 2. The molecule has 3 amide bonds. The van der Waals surface area contributed by atoms with Crippen molar-refractivity contribution in [2.75, 3.05) is 30.3 Å². The average Bonchev–Trinajstić information content (AvgIpc) is 2.71. The molecule has 2 N–H and O–H groups in total. The van der Waals surface area contributed by atoms with E-state index in [4.69, 9.17) is 4.74 Å². The van der Waals surface area contributed by atoms with E-state index in [2.05, 4.69) is 10.6 Å². The van der Waals surface area contributed by atoms with E-state index in [-0.39, 0.29) is 17.7 Å². The molecule has 0 unspecified atom stereocenters. The lowest BCUT2D eigenvalue weighted by Crippen LogP contribution is -2.39. The van der Waals surface area contributed by atoms with Crippen LogP contribution in [0.2, 0.25) is 0 Å². The first-order valence-electron chi connectivity index (χ1n) is 10.1. The van der Waals surface area contributed by atoms with Crippen LogP contribution < -0.4 is 15.4 Å². The second-order valence-electron chi connectivity index (χ2n) is 7.52. The van der Waals surface area contributed by atoms with Crippen LogP contribution in [0.4, 0.5) is 11.4 Å². The molecule has 30 heavy (non-hydrogen) atoms. The summed E-state index contributed by atoms with van der Waals surface area (Å²) in [6, 6.07) is 14.6. The van der Waals surface area contributed by atoms with Crippen LogP contribution >= 0.6 is 0 Å². The zero-order chi connectivity index (χ0) is 21.5. The Morgan fingerprint density at radius 3 is 2.03 bits per heavy atom. The molecule has 7 heteroatoms. The first-order chi connectivity index (χ1) is 14.4. The van der Waals surface area contributed by atoms with E-state index in [9.17, 15) is 14.4 Å². The first kappa shape index (κ1) is 21.4. The molecule has 1 heterocycles. The van der Waals surface area contributed by atoms with Crippen molar-refractivity contribution in [3.8, 4) is 5.75 Å². The van der Waals surface area contributed by atoms with Gasteiger partial charge in [-0.2, -0.15) is 0 Å². The summed E-state index contributed by atoms with van der Waals surface area (Å²) in [6.07, 6.45) is 1.73. The molecule has 158 valence electrons. The Kier molecular flexibility index (Phi) is 7.06. The molecule has 1 aliphatic heterocycles. The van der Waals surface area contributed by atoms with Gasteiger partial charge in [0.15, 0.2) is 0 Å². The molecule has 1 saturated heterocycles. The highest BCUT2D eigenvalue weighted by atomic mass is 16.5. The molecule has 0 spiro atoms. The lowest BCUT2D eigenvalue weighted by molar-refractivity contribution is -0.115. The van der Waals surface area contributed by atoms with E-state index >= 15 is 0 Å². The van der Waals surface area contributed by atoms with Gasteiger partial charge in [0.25, 0.3) is 5.91 Å². The molecule has 0 bridgehead atoms. The van der Waals surface area contributed by atoms with Crippen LogP contribution in [0.5, 0.6) is 5.75 Å². The number of anilines is 2. The quantitative estimate of drug-likeness (QED) is 0.764. The highest BCUT2D eigenvalue weighted by Crippen LogP contribution is 2.24. The third-order valence-electron chi connectivity index (χ3n) is 4.95. The molecule has 0 aromatic heterocycles. The number of para-hydroxylation sites is 1. The lowest BCUT2D eigenvalue weighted by Gasteiger charge is -2.32. The third kappa shape index (κ3) is 6.07. The Labute approximate surface area is 176 Å². The Bertz CT molecular complexity index is 872. The van der Waals surface area contributed by atoms with Gasteiger partial charge in [-0.25, -0.2) is 0 Å². The number of nitrogens with one attached hydrogen (secondary N) is 2. The van der Waals surface area contributed by atoms with Crippen LogP contribution in [-0.2, 0) is 9.59 Å². The van der Waals surface area contributed by atoms with Crippen LogP contribution in [0.15, 0.2) is 48.5 Å².